The Morgan fingerprint density at radius 2 is 1.62 bits per heavy atom. The average molecular weight is 186 g/mol. The Labute approximate surface area is 80.1 Å². The second-order valence-corrected chi connectivity index (χ2v) is 3.96. The normalized spacial score (nSPS) is 10.2. The second kappa shape index (κ2) is 3.49. The predicted octanol–water partition coefficient (Wildman–Crippen LogP) is 0.134. The summed E-state index contributed by atoms with van der Waals surface area (Å²) in [5, 5.41) is 1.34. The molecule has 0 saturated carbocycles. The van der Waals surface area contributed by atoms with Crippen LogP contribution in [0.4, 0.5) is 0 Å². The molecule has 0 amide bonds. The number of nitrogens with zero attached hydrogens (tertiary/aromatic N) is 2. The first-order chi connectivity index (χ1) is 6.38. The minimum atomic E-state index is 0.827. The summed E-state index contributed by atoms with van der Waals surface area (Å²) in [4.78, 5) is 8.44. The van der Waals surface area contributed by atoms with Gasteiger partial charge in [0.05, 0.1) is 0 Å². The second-order valence-electron chi connectivity index (χ2n) is 2.89. The highest BCUT2D eigenvalue weighted by molar-refractivity contribution is 6.35. The third-order valence-electron chi connectivity index (χ3n) is 1.95. The Morgan fingerprint density at radius 1 is 0.923 bits per heavy atom. The molecular weight excluding hydrogens is 176 g/mol. The molecule has 0 spiro atoms. The first-order valence-electron chi connectivity index (χ1n) is 4.21. The summed E-state index contributed by atoms with van der Waals surface area (Å²) in [5.74, 6) is 0.827. The van der Waals surface area contributed by atoms with Crippen LogP contribution >= 0.6 is 0 Å². The summed E-state index contributed by atoms with van der Waals surface area (Å²) in [7, 11) is 1.03. The summed E-state index contributed by atoms with van der Waals surface area (Å²) in [6, 6.07) is 10.1. The molecule has 2 nitrogen and oxygen atoms in total. The van der Waals surface area contributed by atoms with E-state index in [1.165, 1.54) is 5.19 Å². The number of rotatable bonds is 1. The molecule has 2 rings (SSSR count). The van der Waals surface area contributed by atoms with E-state index in [0.717, 1.165) is 21.6 Å². The molecule has 0 fully saturated rings. The number of hydrogen-bond donors (Lipinski definition) is 0. The van der Waals surface area contributed by atoms with Crippen LogP contribution in [0.3, 0.4) is 0 Å². The first-order valence-corrected chi connectivity index (χ1v) is 5.21. The average Bonchev–Trinajstić information content (AvgIpc) is 2.20. The van der Waals surface area contributed by atoms with Crippen LogP contribution in [0.15, 0.2) is 42.7 Å². The van der Waals surface area contributed by atoms with E-state index in [0.29, 0.717) is 0 Å². The van der Waals surface area contributed by atoms with Crippen molar-refractivity contribution in [3.8, 4) is 11.4 Å². The van der Waals surface area contributed by atoms with Crippen LogP contribution in [-0.2, 0) is 0 Å². The number of aromatic nitrogens is 2. The zero-order valence-corrected chi connectivity index (χ0v) is 9.44. The molecule has 0 saturated heterocycles. The highest BCUT2D eigenvalue weighted by Gasteiger charge is 2.00. The van der Waals surface area contributed by atoms with Gasteiger partial charge >= 0.3 is 0 Å². The molecule has 0 unspecified atom stereocenters. The SMILES string of the molecule is [SiH3]c1ccccc1-c1ncccn1. The molecule has 64 valence electrons. The standard InChI is InChI=1S/C10H10N2Si/c13-9-5-2-1-4-8(9)10-11-6-3-7-12-10/h1-7H,13H3. The van der Waals surface area contributed by atoms with Crippen molar-refractivity contribution < 1.29 is 0 Å². The monoisotopic (exact) mass is 186 g/mol. The van der Waals surface area contributed by atoms with E-state index in [9.17, 15) is 0 Å². The lowest BCUT2D eigenvalue weighted by Gasteiger charge is -2.01. The lowest BCUT2D eigenvalue weighted by Crippen LogP contribution is -2.07. The van der Waals surface area contributed by atoms with Crippen LogP contribution in [0.1, 0.15) is 0 Å². The van der Waals surface area contributed by atoms with E-state index in [1.807, 2.05) is 12.1 Å². The molecule has 0 aliphatic heterocycles. The molecule has 1 aromatic carbocycles. The van der Waals surface area contributed by atoms with Crippen molar-refractivity contribution in [2.75, 3.05) is 0 Å². The summed E-state index contributed by atoms with van der Waals surface area (Å²) in [6.07, 6.45) is 3.55. The van der Waals surface area contributed by atoms with Gasteiger partial charge in [-0.3, -0.25) is 0 Å². The molecule has 0 aliphatic carbocycles. The zero-order chi connectivity index (χ0) is 9.10. The van der Waals surface area contributed by atoms with Crippen molar-refractivity contribution in [1.29, 1.82) is 0 Å². The van der Waals surface area contributed by atoms with Crippen molar-refractivity contribution in [2.45, 2.75) is 0 Å². The van der Waals surface area contributed by atoms with Crippen LogP contribution in [0.25, 0.3) is 11.4 Å². The van der Waals surface area contributed by atoms with Crippen LogP contribution in [0.5, 0.6) is 0 Å². The van der Waals surface area contributed by atoms with Gasteiger partial charge in [0.1, 0.15) is 0 Å². The highest BCUT2D eigenvalue weighted by atomic mass is 28.1. The largest absolute Gasteiger partial charge is 0.237 e. The maximum atomic E-state index is 4.22. The van der Waals surface area contributed by atoms with Crippen LogP contribution in [-0.4, -0.2) is 20.2 Å². The van der Waals surface area contributed by atoms with Gasteiger partial charge in [-0.15, -0.1) is 0 Å². The Morgan fingerprint density at radius 3 is 2.31 bits per heavy atom. The highest BCUT2D eigenvalue weighted by Crippen LogP contribution is 2.08. The van der Waals surface area contributed by atoms with Gasteiger partial charge in [0.25, 0.3) is 0 Å². The minimum absolute atomic E-state index is 0.827. The lowest BCUT2D eigenvalue weighted by molar-refractivity contribution is 1.18. The molecule has 1 heterocycles. The van der Waals surface area contributed by atoms with Gasteiger partial charge in [0, 0.05) is 28.2 Å². The summed E-state index contributed by atoms with van der Waals surface area (Å²) >= 11 is 0. The topological polar surface area (TPSA) is 25.8 Å². The van der Waals surface area contributed by atoms with Crippen molar-refractivity contribution in [2.24, 2.45) is 0 Å². The maximum absolute atomic E-state index is 4.22. The maximum Gasteiger partial charge on any atom is 0.158 e. The van der Waals surface area contributed by atoms with E-state index in [4.69, 9.17) is 0 Å². The van der Waals surface area contributed by atoms with Crippen LogP contribution < -0.4 is 5.19 Å². The third-order valence-corrected chi connectivity index (χ3v) is 2.82. The summed E-state index contributed by atoms with van der Waals surface area (Å²) in [6.45, 7) is 0. The van der Waals surface area contributed by atoms with E-state index >= 15 is 0 Å². The van der Waals surface area contributed by atoms with E-state index < -0.39 is 0 Å². The number of hydrogen-bond acceptors (Lipinski definition) is 2. The first kappa shape index (κ1) is 8.13. The number of benzene rings is 1. The summed E-state index contributed by atoms with van der Waals surface area (Å²) < 4.78 is 0. The van der Waals surface area contributed by atoms with Crippen molar-refractivity contribution in [1.82, 2.24) is 9.97 Å². The molecule has 0 N–H and O–H groups in total. The fourth-order valence-corrected chi connectivity index (χ4v) is 1.84. The van der Waals surface area contributed by atoms with Crippen molar-refractivity contribution in [3.05, 3.63) is 42.7 Å². The molecule has 3 heteroatoms. The molecule has 0 bridgehead atoms. The van der Waals surface area contributed by atoms with Gasteiger partial charge in [0.2, 0.25) is 0 Å². The van der Waals surface area contributed by atoms with Gasteiger partial charge in [-0.05, 0) is 6.07 Å². The zero-order valence-electron chi connectivity index (χ0n) is 7.44. The molecule has 0 radical (unpaired) electrons. The van der Waals surface area contributed by atoms with Gasteiger partial charge in [-0.25, -0.2) is 9.97 Å². The Balaban J connectivity index is 2.54. The minimum Gasteiger partial charge on any atom is -0.237 e. The fourth-order valence-electron chi connectivity index (χ4n) is 1.26. The molecule has 0 aliphatic rings. The van der Waals surface area contributed by atoms with Gasteiger partial charge in [0.15, 0.2) is 5.82 Å². The van der Waals surface area contributed by atoms with Crippen molar-refractivity contribution >= 4 is 15.4 Å². The molecular formula is C10H10N2Si. The quantitative estimate of drug-likeness (QED) is 0.592. The third kappa shape index (κ3) is 1.65. The van der Waals surface area contributed by atoms with Crippen molar-refractivity contribution in [3.63, 3.8) is 0 Å². The molecule has 0 atom stereocenters. The van der Waals surface area contributed by atoms with Gasteiger partial charge < -0.3 is 0 Å². The Kier molecular flexibility index (Phi) is 2.18. The fraction of sp³-hybridized carbons (Fsp3) is 0. The Bertz CT molecular complexity index is 401. The molecule has 1 aromatic heterocycles. The van der Waals surface area contributed by atoms with Gasteiger partial charge in [-0.1, -0.05) is 29.5 Å². The lowest BCUT2D eigenvalue weighted by atomic mass is 10.2. The summed E-state index contributed by atoms with van der Waals surface area (Å²) in [5.41, 5.74) is 1.16. The van der Waals surface area contributed by atoms with Crippen LogP contribution in [0.2, 0.25) is 0 Å². The van der Waals surface area contributed by atoms with E-state index in [1.54, 1.807) is 12.4 Å². The molecule has 13 heavy (non-hydrogen) atoms. The van der Waals surface area contributed by atoms with E-state index in [-0.39, 0.29) is 0 Å². The molecule has 2 aromatic rings. The van der Waals surface area contributed by atoms with E-state index in [2.05, 4.69) is 28.2 Å². The Hall–Kier alpha value is -1.48. The van der Waals surface area contributed by atoms with Gasteiger partial charge in [-0.2, -0.15) is 0 Å². The smallest absolute Gasteiger partial charge is 0.158 e. The van der Waals surface area contributed by atoms with Crippen LogP contribution in [0, 0.1) is 0 Å². The predicted molar refractivity (Wildman–Crippen MR) is 57.0 cm³/mol.